The molecular weight excluding hydrogens is 696 g/mol. The molecule has 1 fully saturated rings. The summed E-state index contributed by atoms with van der Waals surface area (Å²) >= 11 is 13.1. The Morgan fingerprint density at radius 1 is 1.00 bits per heavy atom. The first-order valence-corrected chi connectivity index (χ1v) is 18.0. The van der Waals surface area contributed by atoms with Gasteiger partial charge < -0.3 is 14.8 Å². The summed E-state index contributed by atoms with van der Waals surface area (Å²) < 4.78 is 54.1. The Kier molecular flexibility index (Phi) is 9.48. The van der Waals surface area contributed by atoms with Gasteiger partial charge >= 0.3 is 12.0 Å². The second kappa shape index (κ2) is 12.6. The molecule has 14 heteroatoms. The van der Waals surface area contributed by atoms with Crippen LogP contribution in [0, 0.1) is 12.7 Å². The Labute approximate surface area is 295 Å². The van der Waals surface area contributed by atoms with Gasteiger partial charge in [-0.3, -0.25) is 4.79 Å². The maximum atomic E-state index is 15.8. The number of ether oxygens (including phenoxy) is 2. The Morgan fingerprint density at radius 2 is 1.63 bits per heavy atom. The molecule has 1 saturated heterocycles. The minimum absolute atomic E-state index is 0.0592. The molecule has 2 aliphatic rings. The Hall–Kier alpha value is -3.55. The number of nitrogens with one attached hydrogen (secondary N) is 2. The number of piperidine rings is 1. The van der Waals surface area contributed by atoms with E-state index in [9.17, 15) is 22.4 Å². The number of hydrogen-bond donors (Lipinski definition) is 2. The highest BCUT2D eigenvalue weighted by Gasteiger charge is 2.73. The van der Waals surface area contributed by atoms with Gasteiger partial charge in [0, 0.05) is 39.7 Å². The number of carbonyl (C=O) groups excluding carboxylic acids is 3. The van der Waals surface area contributed by atoms with Gasteiger partial charge in [0.05, 0.1) is 6.04 Å². The molecule has 3 amide bonds. The van der Waals surface area contributed by atoms with E-state index in [1.165, 1.54) is 36.4 Å². The largest absolute Gasteiger partial charge is 0.534 e. The summed E-state index contributed by atoms with van der Waals surface area (Å²) in [4.78, 5) is 43.7. The lowest BCUT2D eigenvalue weighted by Gasteiger charge is -2.40. The van der Waals surface area contributed by atoms with Crippen molar-refractivity contribution in [1.29, 1.82) is 0 Å². The number of hydrogen-bond acceptors (Lipinski definition) is 7. The van der Waals surface area contributed by atoms with Crippen LogP contribution in [-0.4, -0.2) is 43.4 Å². The van der Waals surface area contributed by atoms with Gasteiger partial charge in [0.2, 0.25) is 21.9 Å². The minimum atomic E-state index is -4.04. The van der Waals surface area contributed by atoms with Crippen LogP contribution in [-0.2, 0) is 29.8 Å². The van der Waals surface area contributed by atoms with Gasteiger partial charge in [0.1, 0.15) is 16.8 Å². The van der Waals surface area contributed by atoms with Crippen molar-refractivity contribution >= 4 is 62.5 Å². The number of imide groups is 1. The van der Waals surface area contributed by atoms with Crippen LogP contribution >= 0.6 is 23.2 Å². The predicted molar refractivity (Wildman–Crippen MR) is 186 cm³/mol. The van der Waals surface area contributed by atoms with Crippen molar-refractivity contribution in [2.24, 2.45) is 0 Å². The molecule has 5 rings (SSSR count). The van der Waals surface area contributed by atoms with Crippen LogP contribution in [0.3, 0.4) is 0 Å². The molecule has 2 N–H and O–H groups in total. The fourth-order valence-electron chi connectivity index (χ4n) is 6.64. The molecule has 262 valence electrons. The smallest absolute Gasteiger partial charge is 0.470 e. The predicted octanol–water partition coefficient (Wildman–Crippen LogP) is 7.50. The molecule has 0 radical (unpaired) electrons. The number of aryl methyl sites for hydroxylation is 1. The van der Waals surface area contributed by atoms with E-state index in [1.807, 2.05) is 0 Å². The van der Waals surface area contributed by atoms with Crippen molar-refractivity contribution in [2.45, 2.75) is 83.9 Å². The summed E-state index contributed by atoms with van der Waals surface area (Å²) in [6.07, 6.45) is -1.20. The molecule has 3 atom stereocenters. The van der Waals surface area contributed by atoms with E-state index in [0.717, 1.165) is 0 Å². The number of amides is 3. The highest BCUT2D eigenvalue weighted by atomic mass is 35.5. The lowest BCUT2D eigenvalue weighted by Crippen LogP contribution is -2.62. The molecule has 49 heavy (non-hydrogen) atoms. The third-order valence-corrected chi connectivity index (χ3v) is 10.2. The molecule has 0 aliphatic carbocycles. The average molecular weight is 736 g/mol. The third kappa shape index (κ3) is 6.81. The van der Waals surface area contributed by atoms with Crippen LogP contribution in [0.2, 0.25) is 10.0 Å². The number of halogens is 3. The van der Waals surface area contributed by atoms with Crippen molar-refractivity contribution in [2.75, 3.05) is 5.94 Å². The number of benzene rings is 3. The van der Waals surface area contributed by atoms with Crippen LogP contribution in [0.15, 0.2) is 54.6 Å². The molecule has 10 nitrogen and oxygen atoms in total. The number of carbonyl (C=O) groups is 3. The number of fused-ring (bicyclic) bond motifs is 2. The quantitative estimate of drug-likeness (QED) is 0.251. The zero-order chi connectivity index (χ0) is 36.3. The van der Waals surface area contributed by atoms with Crippen LogP contribution in [0.25, 0.3) is 0 Å². The van der Waals surface area contributed by atoms with Gasteiger partial charge in [-0.05, 0) is 96.3 Å². The highest BCUT2D eigenvalue weighted by molar-refractivity contribution is 7.89. The van der Waals surface area contributed by atoms with Crippen molar-refractivity contribution in [3.05, 3.63) is 87.2 Å². The molecule has 3 aromatic rings. The lowest BCUT2D eigenvalue weighted by atomic mass is 9.67. The molecule has 1 unspecified atom stereocenters. The first-order chi connectivity index (χ1) is 22.6. The van der Waals surface area contributed by atoms with Gasteiger partial charge in [-0.1, -0.05) is 39.8 Å². The first kappa shape index (κ1) is 36.7. The van der Waals surface area contributed by atoms with Gasteiger partial charge in [-0.25, -0.2) is 22.3 Å². The van der Waals surface area contributed by atoms with E-state index in [4.69, 9.17) is 32.7 Å². The molecule has 0 bridgehead atoms. The molecule has 0 saturated carbocycles. The van der Waals surface area contributed by atoms with E-state index in [1.54, 1.807) is 66.7 Å². The zero-order valence-corrected chi connectivity index (χ0v) is 30.6. The van der Waals surface area contributed by atoms with Gasteiger partial charge in [0.15, 0.2) is 17.1 Å². The average Bonchev–Trinajstić information content (AvgIpc) is 3.17. The number of nitrogens with zero attached hydrogens (tertiary/aromatic N) is 1. The summed E-state index contributed by atoms with van der Waals surface area (Å²) in [7, 11) is -4.04. The summed E-state index contributed by atoms with van der Waals surface area (Å²) in [5.41, 5.74) is -2.37. The highest BCUT2D eigenvalue weighted by Crippen LogP contribution is 2.61. The van der Waals surface area contributed by atoms with Crippen molar-refractivity contribution in [1.82, 2.24) is 14.5 Å². The molecule has 1 spiro atoms. The first-order valence-electron chi connectivity index (χ1n) is 15.6. The monoisotopic (exact) mass is 734 g/mol. The van der Waals surface area contributed by atoms with Crippen molar-refractivity contribution in [3.63, 3.8) is 0 Å². The van der Waals surface area contributed by atoms with Crippen LogP contribution < -0.4 is 19.3 Å². The molecule has 2 aliphatic heterocycles. The second-order valence-corrected chi connectivity index (χ2v) is 17.0. The number of rotatable bonds is 6. The molecule has 0 aromatic heterocycles. The van der Waals surface area contributed by atoms with E-state index in [0.29, 0.717) is 16.7 Å². The van der Waals surface area contributed by atoms with Crippen LogP contribution in [0.5, 0.6) is 5.75 Å². The summed E-state index contributed by atoms with van der Waals surface area (Å²) in [5.74, 6) is -2.72. The summed E-state index contributed by atoms with van der Waals surface area (Å²) in [5, 5.41) is 3.20. The fourth-order valence-corrected chi connectivity index (χ4v) is 8.25. The van der Waals surface area contributed by atoms with E-state index >= 15 is 4.79 Å². The van der Waals surface area contributed by atoms with Gasteiger partial charge in [0.25, 0.3) is 0 Å². The van der Waals surface area contributed by atoms with E-state index in [2.05, 4.69) is 10.0 Å². The lowest BCUT2D eigenvalue weighted by molar-refractivity contribution is -0.136. The standard InChI is InChI=1S/C35H38Cl2FN3O7S/c1-20-8-11-23(38)18-24(20)30-35(15-14-29(42)39-30)25-12-9-21(36)16-26(25)41(31(35)43,32(44)48-34(5,6)7)27-17-22(37)10-13-28(27)47-19-49(45,46)40-33(2,3)4/h8-13,16-18,30,40H,14-15,19H2,1-7H3/p+1/t30-,35-,41?/m0/s1. The van der Waals surface area contributed by atoms with Crippen LogP contribution in [0.4, 0.5) is 20.6 Å². The van der Waals surface area contributed by atoms with Crippen LogP contribution in [0.1, 0.15) is 77.1 Å². The minimum Gasteiger partial charge on any atom is -0.470 e. The maximum Gasteiger partial charge on any atom is 0.534 e. The summed E-state index contributed by atoms with van der Waals surface area (Å²) in [6.45, 7) is 11.6. The topological polar surface area (TPSA) is 128 Å². The maximum absolute atomic E-state index is 15.8. The van der Waals surface area contributed by atoms with E-state index in [-0.39, 0.29) is 45.9 Å². The van der Waals surface area contributed by atoms with E-state index < -0.39 is 60.9 Å². The van der Waals surface area contributed by atoms with Crippen molar-refractivity contribution < 1.29 is 36.7 Å². The molecule has 3 aromatic carbocycles. The Morgan fingerprint density at radius 3 is 2.27 bits per heavy atom. The normalized spacial score (nSPS) is 22.5. The van der Waals surface area contributed by atoms with Crippen molar-refractivity contribution in [3.8, 4) is 5.75 Å². The van der Waals surface area contributed by atoms with Gasteiger partial charge in [-0.2, -0.15) is 4.79 Å². The Bertz CT molecular complexity index is 1980. The Balaban J connectivity index is 1.85. The number of quaternary nitrogens is 1. The second-order valence-electron chi connectivity index (χ2n) is 14.4. The zero-order valence-electron chi connectivity index (χ0n) is 28.2. The third-order valence-electron chi connectivity index (χ3n) is 8.37. The SMILES string of the molecule is Cc1ccc(F)cc1[C@@H]1NC(=O)CC[C@@]12C(=O)[N+](C(=O)OC(C)(C)C)(c1cc(Cl)ccc1OCS(=O)(=O)NC(C)(C)C)c1cc(Cl)ccc12. The molecular formula is C35H39Cl2FN3O7S+. The summed E-state index contributed by atoms with van der Waals surface area (Å²) in [6, 6.07) is 11.7. The molecule has 2 heterocycles. The van der Waals surface area contributed by atoms with Gasteiger partial charge in [-0.15, -0.1) is 0 Å². The number of sulfonamides is 1. The fraction of sp³-hybridized carbons (Fsp3) is 0.400.